The number of carbonyl (C=O) groups excluding carboxylic acids is 1. The average Bonchev–Trinajstić information content (AvgIpc) is 2.35. The monoisotopic (exact) mass is 251 g/mol. The van der Waals surface area contributed by atoms with Crippen LogP contribution in [0.4, 0.5) is 5.69 Å². The highest BCUT2D eigenvalue weighted by atomic mass is 16.5. The molecule has 0 spiro atoms. The van der Waals surface area contributed by atoms with Crippen molar-refractivity contribution in [2.24, 2.45) is 0 Å². The number of nitrogens with zero attached hydrogens (tertiary/aromatic N) is 1. The summed E-state index contributed by atoms with van der Waals surface area (Å²) in [7, 11) is 5.48. The maximum atomic E-state index is 11.9. The number of nitrogen functional groups attached to an aromatic ring is 1. The summed E-state index contributed by atoms with van der Waals surface area (Å²) in [5, 5.41) is 2.87. The molecule has 5 nitrogen and oxygen atoms in total. The maximum Gasteiger partial charge on any atom is 0.251 e. The number of nitrogens with one attached hydrogen (secondary N) is 1. The lowest BCUT2D eigenvalue weighted by molar-refractivity contribution is 0.0943. The molecule has 1 aromatic rings. The standard InChI is InChI=1S/C13H21N3O2/c1-9(16(2)3)8-15-13(17)10-5-6-11(14)12(7-10)18-4/h5-7,9H,8,14H2,1-4H3,(H,15,17). The van der Waals surface area contributed by atoms with Crippen molar-refractivity contribution in [1.29, 1.82) is 0 Å². The minimum Gasteiger partial charge on any atom is -0.495 e. The molecule has 0 saturated heterocycles. The van der Waals surface area contributed by atoms with Crippen LogP contribution in [0.5, 0.6) is 5.75 Å². The van der Waals surface area contributed by atoms with E-state index in [0.29, 0.717) is 23.5 Å². The van der Waals surface area contributed by atoms with E-state index in [2.05, 4.69) is 5.32 Å². The molecule has 1 atom stereocenters. The van der Waals surface area contributed by atoms with E-state index >= 15 is 0 Å². The molecule has 0 bridgehead atoms. The maximum absolute atomic E-state index is 11.9. The Morgan fingerprint density at radius 1 is 1.50 bits per heavy atom. The van der Waals surface area contributed by atoms with E-state index in [0.717, 1.165) is 0 Å². The number of hydrogen-bond acceptors (Lipinski definition) is 4. The highest BCUT2D eigenvalue weighted by Crippen LogP contribution is 2.21. The van der Waals surface area contributed by atoms with Gasteiger partial charge < -0.3 is 20.7 Å². The molecule has 5 heteroatoms. The van der Waals surface area contributed by atoms with Gasteiger partial charge >= 0.3 is 0 Å². The van der Waals surface area contributed by atoms with Crippen LogP contribution in [0.25, 0.3) is 0 Å². The third kappa shape index (κ3) is 3.63. The summed E-state index contributed by atoms with van der Waals surface area (Å²) in [5.74, 6) is 0.394. The fourth-order valence-electron chi connectivity index (χ4n) is 1.38. The van der Waals surface area contributed by atoms with Crippen molar-refractivity contribution in [1.82, 2.24) is 10.2 Å². The van der Waals surface area contributed by atoms with E-state index in [-0.39, 0.29) is 11.9 Å². The number of rotatable bonds is 5. The van der Waals surface area contributed by atoms with Crippen molar-refractivity contribution in [3.63, 3.8) is 0 Å². The smallest absolute Gasteiger partial charge is 0.251 e. The normalized spacial score (nSPS) is 12.3. The van der Waals surface area contributed by atoms with Crippen LogP contribution in [0.15, 0.2) is 18.2 Å². The molecule has 1 unspecified atom stereocenters. The van der Waals surface area contributed by atoms with Gasteiger partial charge in [0.2, 0.25) is 0 Å². The molecule has 0 aliphatic rings. The van der Waals surface area contributed by atoms with E-state index in [1.807, 2.05) is 25.9 Å². The highest BCUT2D eigenvalue weighted by Gasteiger charge is 2.11. The van der Waals surface area contributed by atoms with Crippen molar-refractivity contribution < 1.29 is 9.53 Å². The van der Waals surface area contributed by atoms with Gasteiger partial charge in [-0.3, -0.25) is 4.79 Å². The topological polar surface area (TPSA) is 67.6 Å². The average molecular weight is 251 g/mol. The van der Waals surface area contributed by atoms with Gasteiger partial charge in [0.25, 0.3) is 5.91 Å². The first-order valence-electron chi connectivity index (χ1n) is 5.83. The molecule has 0 aliphatic carbocycles. The lowest BCUT2D eigenvalue weighted by Crippen LogP contribution is -2.38. The lowest BCUT2D eigenvalue weighted by Gasteiger charge is -2.20. The van der Waals surface area contributed by atoms with E-state index in [1.165, 1.54) is 7.11 Å². The number of hydrogen-bond donors (Lipinski definition) is 2. The minimum absolute atomic E-state index is 0.123. The van der Waals surface area contributed by atoms with Crippen LogP contribution in [-0.4, -0.2) is 44.6 Å². The summed E-state index contributed by atoms with van der Waals surface area (Å²) in [6.45, 7) is 2.64. The van der Waals surface area contributed by atoms with Gasteiger partial charge in [0.15, 0.2) is 0 Å². The van der Waals surface area contributed by atoms with E-state index < -0.39 is 0 Å². The third-order valence-electron chi connectivity index (χ3n) is 2.94. The summed E-state index contributed by atoms with van der Waals surface area (Å²) in [5.41, 5.74) is 6.77. The van der Waals surface area contributed by atoms with Gasteiger partial charge in [0.05, 0.1) is 12.8 Å². The quantitative estimate of drug-likeness (QED) is 0.765. The first kappa shape index (κ1) is 14.3. The summed E-state index contributed by atoms with van der Waals surface area (Å²) in [4.78, 5) is 14.0. The Balaban J connectivity index is 2.67. The molecule has 0 fully saturated rings. The van der Waals surface area contributed by atoms with Gasteiger partial charge in [0, 0.05) is 18.2 Å². The van der Waals surface area contributed by atoms with Crippen LogP contribution in [-0.2, 0) is 0 Å². The number of amides is 1. The Morgan fingerprint density at radius 2 is 2.17 bits per heavy atom. The molecule has 18 heavy (non-hydrogen) atoms. The molecule has 1 aromatic carbocycles. The fraction of sp³-hybridized carbons (Fsp3) is 0.462. The van der Waals surface area contributed by atoms with Crippen LogP contribution in [0.2, 0.25) is 0 Å². The van der Waals surface area contributed by atoms with Crippen molar-refractivity contribution in [3.05, 3.63) is 23.8 Å². The third-order valence-corrected chi connectivity index (χ3v) is 2.94. The molecule has 0 saturated carbocycles. The second-order valence-electron chi connectivity index (χ2n) is 4.48. The predicted molar refractivity (Wildman–Crippen MR) is 72.9 cm³/mol. The first-order valence-corrected chi connectivity index (χ1v) is 5.83. The second-order valence-corrected chi connectivity index (χ2v) is 4.48. The van der Waals surface area contributed by atoms with E-state index in [4.69, 9.17) is 10.5 Å². The number of nitrogens with two attached hydrogens (primary N) is 1. The second kappa shape index (κ2) is 6.26. The van der Waals surface area contributed by atoms with Crippen molar-refractivity contribution in [3.8, 4) is 5.75 Å². The van der Waals surface area contributed by atoms with Gasteiger partial charge in [-0.1, -0.05) is 0 Å². The Morgan fingerprint density at radius 3 is 2.72 bits per heavy atom. The number of methoxy groups -OCH3 is 1. The number of carbonyl (C=O) groups is 1. The van der Waals surface area contributed by atoms with Gasteiger partial charge in [-0.05, 0) is 39.2 Å². The Kier molecular flexibility index (Phi) is 4.97. The molecule has 0 heterocycles. The Labute approximate surface area is 108 Å². The SMILES string of the molecule is COc1cc(C(=O)NCC(C)N(C)C)ccc1N. The van der Waals surface area contributed by atoms with Crippen LogP contribution in [0.1, 0.15) is 17.3 Å². The van der Waals surface area contributed by atoms with Crippen LogP contribution < -0.4 is 15.8 Å². The van der Waals surface area contributed by atoms with Gasteiger partial charge in [-0.25, -0.2) is 0 Å². The summed E-state index contributed by atoms with van der Waals surface area (Å²) in [6, 6.07) is 5.28. The van der Waals surface area contributed by atoms with Crippen LogP contribution >= 0.6 is 0 Å². The molecular weight excluding hydrogens is 230 g/mol. The fourth-order valence-corrected chi connectivity index (χ4v) is 1.38. The molecule has 0 aliphatic heterocycles. The molecule has 1 amide bonds. The Hall–Kier alpha value is -1.75. The molecular formula is C13H21N3O2. The van der Waals surface area contributed by atoms with Crippen molar-refractivity contribution >= 4 is 11.6 Å². The summed E-state index contributed by atoms with van der Waals surface area (Å²) in [6.07, 6.45) is 0. The molecule has 1 rings (SSSR count). The first-order chi connectivity index (χ1) is 8.45. The Bertz CT molecular complexity index is 419. The molecule has 3 N–H and O–H groups in total. The molecule has 0 aromatic heterocycles. The van der Waals surface area contributed by atoms with Gasteiger partial charge in [-0.2, -0.15) is 0 Å². The van der Waals surface area contributed by atoms with Gasteiger partial charge in [-0.15, -0.1) is 0 Å². The lowest BCUT2D eigenvalue weighted by atomic mass is 10.1. The molecule has 100 valence electrons. The zero-order valence-corrected chi connectivity index (χ0v) is 11.4. The van der Waals surface area contributed by atoms with Gasteiger partial charge in [0.1, 0.15) is 5.75 Å². The largest absolute Gasteiger partial charge is 0.495 e. The van der Waals surface area contributed by atoms with Crippen LogP contribution in [0, 0.1) is 0 Å². The predicted octanol–water partition coefficient (Wildman–Crippen LogP) is 0.957. The minimum atomic E-state index is -0.123. The van der Waals surface area contributed by atoms with Crippen molar-refractivity contribution in [2.45, 2.75) is 13.0 Å². The van der Waals surface area contributed by atoms with Crippen molar-refractivity contribution in [2.75, 3.05) is 33.5 Å². The van der Waals surface area contributed by atoms with E-state index in [1.54, 1.807) is 18.2 Å². The number of benzene rings is 1. The highest BCUT2D eigenvalue weighted by molar-refractivity contribution is 5.95. The zero-order valence-electron chi connectivity index (χ0n) is 11.4. The number of ether oxygens (including phenoxy) is 1. The number of anilines is 1. The van der Waals surface area contributed by atoms with E-state index in [9.17, 15) is 4.79 Å². The molecule has 0 radical (unpaired) electrons. The van der Waals surface area contributed by atoms with Crippen LogP contribution in [0.3, 0.4) is 0 Å². The summed E-state index contributed by atoms with van der Waals surface area (Å²) >= 11 is 0. The number of likely N-dealkylation sites (N-methyl/N-ethyl adjacent to an activating group) is 1. The summed E-state index contributed by atoms with van der Waals surface area (Å²) < 4.78 is 5.09. The zero-order chi connectivity index (χ0) is 13.7.